The fraction of sp³-hybridized carbons (Fsp3) is 0.429. The van der Waals surface area contributed by atoms with Crippen LogP contribution < -0.4 is 14.4 Å². The van der Waals surface area contributed by atoms with Crippen LogP contribution in [-0.4, -0.2) is 56.6 Å². The van der Waals surface area contributed by atoms with Crippen LogP contribution in [0.3, 0.4) is 0 Å². The standard InChI is InChI=1S/C35H44FN3O5S/c1-3-44-32-22-20-31(21-23-32)39(45(2,42)43)24-10-15-34(40)38(26-28-16-18-29(36)19-17-28)33(25-27-11-6-4-7-12-27)35(41)37-30-13-8-5-9-14-30/h4,6-7,11-12,16-23,30,33H,3,5,8-10,13-15,24-26H2,1-2H3,(H,37,41)/t33-/m1/s1. The van der Waals surface area contributed by atoms with Crippen LogP contribution in [0.15, 0.2) is 78.9 Å². The Kier molecular flexibility index (Phi) is 12.4. The second kappa shape index (κ2) is 16.4. The topological polar surface area (TPSA) is 96.0 Å². The van der Waals surface area contributed by atoms with Gasteiger partial charge in [0.25, 0.3) is 0 Å². The highest BCUT2D eigenvalue weighted by atomic mass is 32.2. The summed E-state index contributed by atoms with van der Waals surface area (Å²) < 4.78 is 46.0. The number of carbonyl (C=O) groups is 2. The summed E-state index contributed by atoms with van der Waals surface area (Å²) in [6.45, 7) is 2.57. The number of hydrogen-bond acceptors (Lipinski definition) is 5. The normalized spacial score (nSPS) is 14.4. The molecule has 0 aliphatic heterocycles. The van der Waals surface area contributed by atoms with Crippen LogP contribution in [0, 0.1) is 5.82 Å². The van der Waals surface area contributed by atoms with Crippen LogP contribution >= 0.6 is 0 Å². The maximum absolute atomic E-state index is 14.0. The Bertz CT molecular complexity index is 1480. The van der Waals surface area contributed by atoms with E-state index in [1.165, 1.54) is 16.4 Å². The quantitative estimate of drug-likeness (QED) is 0.225. The van der Waals surface area contributed by atoms with Gasteiger partial charge in [0.1, 0.15) is 17.6 Å². The average Bonchev–Trinajstić information content (AvgIpc) is 3.03. The Morgan fingerprint density at radius 1 is 0.933 bits per heavy atom. The highest BCUT2D eigenvalue weighted by Crippen LogP contribution is 2.24. The first kappa shape index (κ1) is 34.0. The molecule has 1 fully saturated rings. The molecule has 1 aliphatic carbocycles. The lowest BCUT2D eigenvalue weighted by molar-refractivity contribution is -0.141. The van der Waals surface area contributed by atoms with Gasteiger partial charge in [-0.05, 0) is 73.7 Å². The van der Waals surface area contributed by atoms with Crippen molar-refractivity contribution in [3.8, 4) is 5.75 Å². The molecule has 0 spiro atoms. The van der Waals surface area contributed by atoms with E-state index in [4.69, 9.17) is 4.74 Å². The van der Waals surface area contributed by atoms with Crippen LogP contribution in [-0.2, 0) is 32.6 Å². The number of carbonyl (C=O) groups excluding carboxylic acids is 2. The molecule has 1 N–H and O–H groups in total. The summed E-state index contributed by atoms with van der Waals surface area (Å²) in [6, 6.07) is 21.5. The molecule has 0 heterocycles. The molecule has 45 heavy (non-hydrogen) atoms. The zero-order valence-corrected chi connectivity index (χ0v) is 27.0. The summed E-state index contributed by atoms with van der Waals surface area (Å²) in [5.74, 6) is -0.243. The lowest BCUT2D eigenvalue weighted by Crippen LogP contribution is -2.52. The van der Waals surface area contributed by atoms with E-state index < -0.39 is 16.1 Å². The molecule has 0 bridgehead atoms. The molecule has 0 saturated heterocycles. The Morgan fingerprint density at radius 2 is 1.60 bits per heavy atom. The SMILES string of the molecule is CCOc1ccc(N(CCCC(=O)N(Cc2ccc(F)cc2)[C@H](Cc2ccccc2)C(=O)NC2CCCCC2)S(C)(=O)=O)cc1. The van der Waals surface area contributed by atoms with Crippen molar-refractivity contribution in [1.29, 1.82) is 0 Å². The van der Waals surface area contributed by atoms with Gasteiger partial charge in [0.2, 0.25) is 21.8 Å². The van der Waals surface area contributed by atoms with Gasteiger partial charge < -0.3 is 15.0 Å². The average molecular weight is 638 g/mol. The van der Waals surface area contributed by atoms with E-state index in [9.17, 15) is 22.4 Å². The highest BCUT2D eigenvalue weighted by Gasteiger charge is 2.32. The molecule has 0 aromatic heterocycles. The second-order valence-corrected chi connectivity index (χ2v) is 13.5. The number of amides is 2. The third kappa shape index (κ3) is 10.3. The number of rotatable bonds is 15. The zero-order chi connectivity index (χ0) is 32.2. The lowest BCUT2D eigenvalue weighted by Gasteiger charge is -2.34. The molecule has 10 heteroatoms. The van der Waals surface area contributed by atoms with Crippen molar-refractivity contribution >= 4 is 27.5 Å². The smallest absolute Gasteiger partial charge is 0.243 e. The van der Waals surface area contributed by atoms with Crippen molar-refractivity contribution in [2.24, 2.45) is 0 Å². The number of hydrogen-bond donors (Lipinski definition) is 1. The molecule has 4 rings (SSSR count). The summed E-state index contributed by atoms with van der Waals surface area (Å²) in [5, 5.41) is 3.21. The maximum atomic E-state index is 14.0. The van der Waals surface area contributed by atoms with Gasteiger partial charge >= 0.3 is 0 Å². The summed E-state index contributed by atoms with van der Waals surface area (Å²) >= 11 is 0. The molecule has 242 valence electrons. The van der Waals surface area contributed by atoms with E-state index in [0.717, 1.165) is 43.9 Å². The molecule has 0 unspecified atom stereocenters. The number of nitrogens with zero attached hydrogens (tertiary/aromatic N) is 2. The van der Waals surface area contributed by atoms with Crippen molar-refractivity contribution < 1.29 is 27.1 Å². The Morgan fingerprint density at radius 3 is 2.22 bits per heavy atom. The molecular formula is C35H44FN3O5S. The van der Waals surface area contributed by atoms with E-state index in [2.05, 4.69) is 5.32 Å². The van der Waals surface area contributed by atoms with Crippen LogP contribution in [0.25, 0.3) is 0 Å². The van der Waals surface area contributed by atoms with Crippen molar-refractivity contribution in [3.05, 3.63) is 95.8 Å². The van der Waals surface area contributed by atoms with Crippen LogP contribution in [0.4, 0.5) is 10.1 Å². The maximum Gasteiger partial charge on any atom is 0.243 e. The number of nitrogens with one attached hydrogen (secondary N) is 1. The largest absolute Gasteiger partial charge is 0.494 e. The van der Waals surface area contributed by atoms with E-state index in [1.807, 2.05) is 37.3 Å². The Hall–Kier alpha value is -3.92. The van der Waals surface area contributed by atoms with Gasteiger partial charge in [0, 0.05) is 32.0 Å². The third-order valence-electron chi connectivity index (χ3n) is 8.08. The predicted octanol–water partition coefficient (Wildman–Crippen LogP) is 5.86. The van der Waals surface area contributed by atoms with Gasteiger partial charge in [-0.3, -0.25) is 13.9 Å². The van der Waals surface area contributed by atoms with Crippen molar-refractivity contribution in [1.82, 2.24) is 10.2 Å². The number of sulfonamides is 1. The predicted molar refractivity (Wildman–Crippen MR) is 175 cm³/mol. The Labute approximate surface area is 266 Å². The van der Waals surface area contributed by atoms with E-state index in [-0.39, 0.29) is 49.6 Å². The minimum absolute atomic E-state index is 0.0201. The molecular weight excluding hydrogens is 593 g/mol. The summed E-state index contributed by atoms with van der Waals surface area (Å²) in [6.07, 6.45) is 6.77. The van der Waals surface area contributed by atoms with E-state index in [0.29, 0.717) is 30.0 Å². The molecule has 3 aromatic rings. The van der Waals surface area contributed by atoms with Gasteiger partial charge in [-0.15, -0.1) is 0 Å². The van der Waals surface area contributed by atoms with Crippen LogP contribution in [0.1, 0.15) is 63.0 Å². The zero-order valence-electron chi connectivity index (χ0n) is 26.2. The minimum atomic E-state index is -3.63. The van der Waals surface area contributed by atoms with Crippen LogP contribution in [0.5, 0.6) is 5.75 Å². The van der Waals surface area contributed by atoms with Gasteiger partial charge in [-0.25, -0.2) is 12.8 Å². The number of benzene rings is 3. The summed E-state index contributed by atoms with van der Waals surface area (Å²) in [5.41, 5.74) is 2.09. The summed E-state index contributed by atoms with van der Waals surface area (Å²) in [7, 11) is -3.63. The molecule has 0 radical (unpaired) electrons. The molecule has 3 aromatic carbocycles. The monoisotopic (exact) mass is 637 g/mol. The van der Waals surface area contributed by atoms with Gasteiger partial charge in [-0.1, -0.05) is 61.7 Å². The second-order valence-electron chi connectivity index (χ2n) is 11.6. The third-order valence-corrected chi connectivity index (χ3v) is 9.27. The number of ether oxygens (including phenoxy) is 1. The van der Waals surface area contributed by atoms with Gasteiger partial charge in [0.15, 0.2) is 0 Å². The Balaban J connectivity index is 1.56. The van der Waals surface area contributed by atoms with Crippen molar-refractivity contribution in [2.75, 3.05) is 23.7 Å². The van der Waals surface area contributed by atoms with Gasteiger partial charge in [0.05, 0.1) is 18.6 Å². The molecule has 1 aliphatic rings. The fourth-order valence-electron chi connectivity index (χ4n) is 5.76. The minimum Gasteiger partial charge on any atom is -0.494 e. The van der Waals surface area contributed by atoms with Crippen molar-refractivity contribution in [2.45, 2.75) is 76.9 Å². The van der Waals surface area contributed by atoms with E-state index >= 15 is 0 Å². The van der Waals surface area contributed by atoms with Crippen LogP contribution in [0.2, 0.25) is 0 Å². The molecule has 1 atom stereocenters. The first-order valence-corrected chi connectivity index (χ1v) is 17.6. The fourth-order valence-corrected chi connectivity index (χ4v) is 6.73. The number of anilines is 1. The molecule has 8 nitrogen and oxygen atoms in total. The first-order valence-electron chi connectivity index (χ1n) is 15.7. The first-order chi connectivity index (χ1) is 21.6. The molecule has 1 saturated carbocycles. The molecule has 2 amide bonds. The lowest BCUT2D eigenvalue weighted by atomic mass is 9.94. The summed E-state index contributed by atoms with van der Waals surface area (Å²) in [4.78, 5) is 29.5. The van der Waals surface area contributed by atoms with E-state index in [1.54, 1.807) is 41.3 Å². The van der Waals surface area contributed by atoms with Gasteiger partial charge in [-0.2, -0.15) is 0 Å². The highest BCUT2D eigenvalue weighted by molar-refractivity contribution is 7.92. The van der Waals surface area contributed by atoms with Crippen molar-refractivity contribution in [3.63, 3.8) is 0 Å². The number of halogens is 1.